The quantitative estimate of drug-likeness (QED) is 0.612. The number of benzene rings is 2. The molecule has 140 valence electrons. The summed E-state index contributed by atoms with van der Waals surface area (Å²) in [5.41, 5.74) is 1.63. The summed E-state index contributed by atoms with van der Waals surface area (Å²) in [6.07, 6.45) is 1.86. The smallest absolute Gasteiger partial charge is 0.266 e. The number of hydrogen-bond donors (Lipinski definition) is 0. The lowest BCUT2D eigenvalue weighted by molar-refractivity contribution is -0.122. The Morgan fingerprint density at radius 1 is 1.19 bits per heavy atom. The number of thioether (sulfide) groups is 1. The molecule has 1 aliphatic heterocycles. The number of methoxy groups -OCH3 is 1. The average molecular weight is 401 g/mol. The van der Waals surface area contributed by atoms with Crippen molar-refractivity contribution in [3.8, 4) is 5.75 Å². The van der Waals surface area contributed by atoms with E-state index in [1.54, 1.807) is 24.1 Å². The van der Waals surface area contributed by atoms with E-state index in [0.717, 1.165) is 17.0 Å². The van der Waals surface area contributed by atoms with Crippen LogP contribution in [0, 0.1) is 5.92 Å². The van der Waals surface area contributed by atoms with Gasteiger partial charge >= 0.3 is 0 Å². The number of amidine groups is 1. The molecule has 4 nitrogen and oxygen atoms in total. The van der Waals surface area contributed by atoms with Crippen molar-refractivity contribution in [2.24, 2.45) is 10.9 Å². The van der Waals surface area contributed by atoms with Gasteiger partial charge in [-0.15, -0.1) is 0 Å². The Bertz CT molecular complexity index is 891. The molecule has 1 amide bonds. The third-order valence-electron chi connectivity index (χ3n) is 3.91. The first kappa shape index (κ1) is 19.5. The molecule has 0 saturated carbocycles. The lowest BCUT2D eigenvalue weighted by atomic mass is 10.1. The van der Waals surface area contributed by atoms with E-state index in [9.17, 15) is 4.79 Å². The van der Waals surface area contributed by atoms with Gasteiger partial charge in [-0.25, -0.2) is 4.99 Å². The van der Waals surface area contributed by atoms with Gasteiger partial charge in [-0.1, -0.05) is 43.6 Å². The highest BCUT2D eigenvalue weighted by Crippen LogP contribution is 2.36. The van der Waals surface area contributed by atoms with Crippen LogP contribution in [0.25, 0.3) is 6.08 Å². The van der Waals surface area contributed by atoms with Crippen molar-refractivity contribution in [2.75, 3.05) is 13.7 Å². The average Bonchev–Trinajstić information content (AvgIpc) is 2.92. The zero-order valence-corrected chi connectivity index (χ0v) is 17.1. The standard InChI is InChI=1S/C21H21ClN2O2S/c1-14(2)13-24-20(25)19(12-15-6-4-5-7-18(15)26-3)27-21(24)23-17-10-8-16(22)9-11-17/h4-12,14H,13H2,1-3H3/b19-12-,23-21?. The van der Waals surface area contributed by atoms with Crippen LogP contribution >= 0.6 is 23.4 Å². The fourth-order valence-corrected chi connectivity index (χ4v) is 3.80. The molecule has 6 heteroatoms. The summed E-state index contributed by atoms with van der Waals surface area (Å²) >= 11 is 7.33. The van der Waals surface area contributed by atoms with Crippen LogP contribution in [0.3, 0.4) is 0 Å². The van der Waals surface area contributed by atoms with Gasteiger partial charge in [0.15, 0.2) is 5.17 Å². The number of para-hydroxylation sites is 1. The van der Waals surface area contributed by atoms with Gasteiger partial charge in [-0.2, -0.15) is 0 Å². The zero-order valence-electron chi connectivity index (χ0n) is 15.5. The Kier molecular flexibility index (Phi) is 6.24. The summed E-state index contributed by atoms with van der Waals surface area (Å²) in [4.78, 5) is 20.0. The van der Waals surface area contributed by atoms with E-state index in [1.165, 1.54) is 11.8 Å². The second-order valence-corrected chi connectivity index (χ2v) is 7.98. The molecule has 1 aliphatic rings. The highest BCUT2D eigenvalue weighted by molar-refractivity contribution is 8.18. The highest BCUT2D eigenvalue weighted by atomic mass is 35.5. The van der Waals surface area contributed by atoms with Crippen molar-refractivity contribution >= 4 is 46.2 Å². The largest absolute Gasteiger partial charge is 0.496 e. The summed E-state index contributed by atoms with van der Waals surface area (Å²) in [6, 6.07) is 14.9. The van der Waals surface area contributed by atoms with Crippen LogP contribution in [0.2, 0.25) is 5.02 Å². The van der Waals surface area contributed by atoms with Crippen LogP contribution in [0.1, 0.15) is 19.4 Å². The van der Waals surface area contributed by atoms with Crippen LogP contribution in [0.4, 0.5) is 5.69 Å². The van der Waals surface area contributed by atoms with Crippen LogP contribution in [0.5, 0.6) is 5.75 Å². The molecule has 1 heterocycles. The molecular formula is C21H21ClN2O2S. The molecule has 0 aromatic heterocycles. The van der Waals surface area contributed by atoms with Gasteiger partial charge in [-0.3, -0.25) is 9.69 Å². The van der Waals surface area contributed by atoms with Gasteiger partial charge in [0.25, 0.3) is 5.91 Å². The molecule has 27 heavy (non-hydrogen) atoms. The molecule has 0 radical (unpaired) electrons. The molecule has 3 rings (SSSR count). The lowest BCUT2D eigenvalue weighted by Gasteiger charge is -2.17. The molecule has 0 unspecified atom stereocenters. The molecule has 0 spiro atoms. The van der Waals surface area contributed by atoms with E-state index in [2.05, 4.69) is 18.8 Å². The van der Waals surface area contributed by atoms with Gasteiger partial charge in [0.05, 0.1) is 17.7 Å². The first-order valence-electron chi connectivity index (χ1n) is 8.66. The number of ether oxygens (including phenoxy) is 1. The van der Waals surface area contributed by atoms with Crippen LogP contribution in [-0.4, -0.2) is 29.6 Å². The Morgan fingerprint density at radius 3 is 2.56 bits per heavy atom. The maximum atomic E-state index is 13.0. The van der Waals surface area contributed by atoms with Crippen molar-refractivity contribution < 1.29 is 9.53 Å². The van der Waals surface area contributed by atoms with Crippen LogP contribution < -0.4 is 4.74 Å². The first-order valence-corrected chi connectivity index (χ1v) is 9.86. The summed E-state index contributed by atoms with van der Waals surface area (Å²) in [5, 5.41) is 1.34. The number of aliphatic imine (C=N–C) groups is 1. The lowest BCUT2D eigenvalue weighted by Crippen LogP contribution is -2.32. The Hall–Kier alpha value is -2.24. The predicted octanol–water partition coefficient (Wildman–Crippen LogP) is 5.61. The molecule has 1 saturated heterocycles. The van der Waals surface area contributed by atoms with Crippen molar-refractivity contribution in [1.82, 2.24) is 4.90 Å². The second-order valence-electron chi connectivity index (χ2n) is 6.53. The number of nitrogens with zero attached hydrogens (tertiary/aromatic N) is 2. The van der Waals surface area contributed by atoms with Crippen LogP contribution in [0.15, 0.2) is 58.4 Å². The van der Waals surface area contributed by atoms with E-state index in [-0.39, 0.29) is 5.91 Å². The minimum absolute atomic E-state index is 0.0349. The number of carbonyl (C=O) groups excluding carboxylic acids is 1. The minimum atomic E-state index is -0.0349. The second kappa shape index (κ2) is 8.63. The summed E-state index contributed by atoms with van der Waals surface area (Å²) < 4.78 is 5.39. The number of carbonyl (C=O) groups is 1. The Morgan fingerprint density at radius 2 is 1.89 bits per heavy atom. The topological polar surface area (TPSA) is 41.9 Å². The van der Waals surface area contributed by atoms with E-state index >= 15 is 0 Å². The third kappa shape index (κ3) is 4.73. The summed E-state index contributed by atoms with van der Waals surface area (Å²) in [7, 11) is 1.62. The molecule has 0 aliphatic carbocycles. The number of hydrogen-bond acceptors (Lipinski definition) is 4. The summed E-state index contributed by atoms with van der Waals surface area (Å²) in [5.74, 6) is 1.03. The van der Waals surface area contributed by atoms with E-state index < -0.39 is 0 Å². The van der Waals surface area contributed by atoms with Gasteiger partial charge in [0.2, 0.25) is 0 Å². The van der Waals surface area contributed by atoms with E-state index in [1.807, 2.05) is 42.5 Å². The number of halogens is 1. The fourth-order valence-electron chi connectivity index (χ4n) is 2.67. The maximum absolute atomic E-state index is 13.0. The van der Waals surface area contributed by atoms with Gasteiger partial charge in [-0.05, 0) is 54.1 Å². The SMILES string of the molecule is COc1ccccc1/C=C1\SC(=Nc2ccc(Cl)cc2)N(CC(C)C)C1=O. The molecule has 0 bridgehead atoms. The molecule has 0 N–H and O–H groups in total. The molecular weight excluding hydrogens is 380 g/mol. The van der Waals surface area contributed by atoms with E-state index in [0.29, 0.717) is 27.6 Å². The first-order chi connectivity index (χ1) is 13.0. The Labute approximate surface area is 168 Å². The maximum Gasteiger partial charge on any atom is 0.266 e. The van der Waals surface area contributed by atoms with Gasteiger partial charge in [0.1, 0.15) is 5.75 Å². The van der Waals surface area contributed by atoms with Crippen molar-refractivity contribution in [3.63, 3.8) is 0 Å². The molecule has 2 aromatic carbocycles. The van der Waals surface area contributed by atoms with E-state index in [4.69, 9.17) is 16.3 Å². The monoisotopic (exact) mass is 400 g/mol. The number of rotatable bonds is 5. The molecule has 2 aromatic rings. The molecule has 1 fully saturated rings. The zero-order chi connectivity index (χ0) is 19.4. The molecule has 0 atom stereocenters. The van der Waals surface area contributed by atoms with Crippen molar-refractivity contribution in [1.29, 1.82) is 0 Å². The minimum Gasteiger partial charge on any atom is -0.496 e. The Balaban J connectivity index is 1.97. The van der Waals surface area contributed by atoms with Crippen LogP contribution in [-0.2, 0) is 4.79 Å². The summed E-state index contributed by atoms with van der Waals surface area (Å²) in [6.45, 7) is 4.78. The number of amides is 1. The third-order valence-corrected chi connectivity index (χ3v) is 5.17. The van der Waals surface area contributed by atoms with Crippen molar-refractivity contribution in [3.05, 3.63) is 64.0 Å². The predicted molar refractivity (Wildman–Crippen MR) is 114 cm³/mol. The van der Waals surface area contributed by atoms with Crippen molar-refractivity contribution in [2.45, 2.75) is 13.8 Å². The fraction of sp³-hybridized carbons (Fsp3) is 0.238. The van der Waals surface area contributed by atoms with Gasteiger partial charge < -0.3 is 4.74 Å². The highest BCUT2D eigenvalue weighted by Gasteiger charge is 2.33. The van der Waals surface area contributed by atoms with Gasteiger partial charge in [0, 0.05) is 17.1 Å². The normalized spacial score (nSPS) is 17.4.